The molecule has 1 heterocycles. The molecule has 0 radical (unpaired) electrons. The van der Waals surface area contributed by atoms with Gasteiger partial charge in [-0.15, -0.1) is 11.3 Å². The molecule has 1 N–H and O–H groups in total. The lowest BCUT2D eigenvalue weighted by Crippen LogP contribution is -2.40. The maximum Gasteiger partial charge on any atom is 0.161 e. The van der Waals surface area contributed by atoms with Gasteiger partial charge in [0.05, 0.1) is 13.7 Å². The number of likely N-dealkylation sites (N-methyl/N-ethyl adjacent to an activating group) is 1. The summed E-state index contributed by atoms with van der Waals surface area (Å²) in [6, 6.07) is 6.59. The van der Waals surface area contributed by atoms with Crippen molar-refractivity contribution in [3.05, 3.63) is 39.8 Å². The second-order valence-electron chi connectivity index (χ2n) is 8.74. The molecular weight excluding hydrogens is 410 g/mol. The minimum atomic E-state index is -0.524. The number of nitrogens with zero attached hydrogens (tertiary/aromatic N) is 3. The van der Waals surface area contributed by atoms with Crippen LogP contribution in [-0.4, -0.2) is 66.4 Å². The first-order valence-corrected chi connectivity index (χ1v) is 12.1. The molecule has 31 heavy (non-hydrogen) atoms. The molecule has 1 atom stereocenters. The first-order valence-electron chi connectivity index (χ1n) is 11.2. The van der Waals surface area contributed by atoms with Gasteiger partial charge in [-0.2, -0.15) is 0 Å². The highest BCUT2D eigenvalue weighted by molar-refractivity contribution is 7.09. The van der Waals surface area contributed by atoms with E-state index in [0.29, 0.717) is 24.1 Å². The molecule has 6 nitrogen and oxygen atoms in total. The van der Waals surface area contributed by atoms with Crippen molar-refractivity contribution in [3.63, 3.8) is 0 Å². The maximum atomic E-state index is 10.5. The molecule has 0 spiro atoms. The first-order chi connectivity index (χ1) is 14.9. The van der Waals surface area contributed by atoms with E-state index in [9.17, 15) is 5.11 Å². The molecule has 1 aromatic carbocycles. The van der Waals surface area contributed by atoms with Gasteiger partial charge in [-0.3, -0.25) is 4.90 Å². The molecule has 1 aromatic heterocycles. The molecule has 1 unspecified atom stereocenters. The zero-order valence-electron chi connectivity index (χ0n) is 19.3. The zero-order valence-corrected chi connectivity index (χ0v) is 20.2. The predicted octanol–water partition coefficient (Wildman–Crippen LogP) is 4.10. The van der Waals surface area contributed by atoms with E-state index in [1.165, 1.54) is 32.1 Å². The third kappa shape index (κ3) is 7.45. The van der Waals surface area contributed by atoms with Gasteiger partial charge in [0, 0.05) is 30.2 Å². The molecule has 2 aromatic rings. The van der Waals surface area contributed by atoms with E-state index in [2.05, 4.69) is 40.3 Å². The Kier molecular flexibility index (Phi) is 9.14. The second kappa shape index (κ2) is 11.8. The smallest absolute Gasteiger partial charge is 0.161 e. The maximum absolute atomic E-state index is 10.5. The largest absolute Gasteiger partial charge is 0.493 e. The third-order valence-corrected chi connectivity index (χ3v) is 6.83. The van der Waals surface area contributed by atoms with Crippen LogP contribution in [0, 0.1) is 6.92 Å². The van der Waals surface area contributed by atoms with Gasteiger partial charge in [-0.05, 0) is 51.6 Å². The highest BCUT2D eigenvalue weighted by Gasteiger charge is 2.20. The Morgan fingerprint density at radius 1 is 1.16 bits per heavy atom. The molecule has 7 heteroatoms. The Labute approximate surface area is 190 Å². The van der Waals surface area contributed by atoms with Crippen LogP contribution >= 0.6 is 11.3 Å². The average Bonchev–Trinajstić information content (AvgIpc) is 3.17. The van der Waals surface area contributed by atoms with E-state index in [1.807, 2.05) is 19.1 Å². The number of thiazole rings is 1. The van der Waals surface area contributed by atoms with Crippen LogP contribution in [0.3, 0.4) is 0 Å². The number of ether oxygens (including phenoxy) is 2. The number of aromatic nitrogens is 1. The van der Waals surface area contributed by atoms with Gasteiger partial charge in [-0.1, -0.05) is 25.3 Å². The fourth-order valence-corrected chi connectivity index (χ4v) is 5.10. The van der Waals surface area contributed by atoms with E-state index < -0.39 is 6.10 Å². The van der Waals surface area contributed by atoms with Gasteiger partial charge in [0.25, 0.3) is 0 Å². The number of rotatable bonds is 11. The molecule has 3 rings (SSSR count). The number of hydrogen-bond acceptors (Lipinski definition) is 7. The summed E-state index contributed by atoms with van der Waals surface area (Å²) in [4.78, 5) is 9.06. The lowest BCUT2D eigenvalue weighted by atomic mass is 9.94. The monoisotopic (exact) mass is 447 g/mol. The number of aliphatic hydroxyl groups excluding tert-OH is 1. The summed E-state index contributed by atoms with van der Waals surface area (Å²) in [6.45, 7) is 4.53. The molecule has 0 aliphatic heterocycles. The SMILES string of the molecule is COc1cc(CN(C)Cc2nc(C)cs2)ccc1OCC(O)CN(C)C1CCCCC1. The Morgan fingerprint density at radius 3 is 2.61 bits per heavy atom. The fourth-order valence-electron chi connectivity index (χ4n) is 4.25. The van der Waals surface area contributed by atoms with Crippen LogP contribution in [-0.2, 0) is 13.1 Å². The number of hydrogen-bond donors (Lipinski definition) is 1. The average molecular weight is 448 g/mol. The lowest BCUT2D eigenvalue weighted by Gasteiger charge is -2.32. The number of aliphatic hydroxyl groups is 1. The van der Waals surface area contributed by atoms with E-state index in [1.54, 1.807) is 18.4 Å². The van der Waals surface area contributed by atoms with Crippen LogP contribution in [0.1, 0.15) is 48.4 Å². The summed E-state index contributed by atoms with van der Waals surface area (Å²) in [5, 5.41) is 13.7. The Balaban J connectivity index is 1.49. The molecule has 0 amide bonds. The van der Waals surface area contributed by atoms with Crippen LogP contribution in [0.4, 0.5) is 0 Å². The minimum absolute atomic E-state index is 0.260. The number of methoxy groups -OCH3 is 1. The van der Waals surface area contributed by atoms with Crippen LogP contribution in [0.25, 0.3) is 0 Å². The van der Waals surface area contributed by atoms with Gasteiger partial charge in [0.15, 0.2) is 11.5 Å². The Hall–Kier alpha value is -1.67. The molecule has 1 aliphatic rings. The lowest BCUT2D eigenvalue weighted by molar-refractivity contribution is 0.0553. The second-order valence-corrected chi connectivity index (χ2v) is 9.68. The summed E-state index contributed by atoms with van der Waals surface area (Å²) in [7, 11) is 5.85. The van der Waals surface area contributed by atoms with Crippen molar-refractivity contribution in [1.29, 1.82) is 0 Å². The fraction of sp³-hybridized carbons (Fsp3) is 0.625. The minimum Gasteiger partial charge on any atom is -0.493 e. The van der Waals surface area contributed by atoms with Crippen LogP contribution in [0.2, 0.25) is 0 Å². The molecular formula is C24H37N3O3S. The van der Waals surface area contributed by atoms with E-state index in [-0.39, 0.29) is 6.61 Å². The van der Waals surface area contributed by atoms with Gasteiger partial charge >= 0.3 is 0 Å². The van der Waals surface area contributed by atoms with Crippen molar-refractivity contribution in [2.75, 3.05) is 34.4 Å². The van der Waals surface area contributed by atoms with E-state index in [0.717, 1.165) is 29.4 Å². The van der Waals surface area contributed by atoms with Crippen LogP contribution < -0.4 is 9.47 Å². The summed E-state index contributed by atoms with van der Waals surface area (Å²) in [6.07, 6.45) is 5.87. The predicted molar refractivity (Wildman–Crippen MR) is 126 cm³/mol. The van der Waals surface area contributed by atoms with Gasteiger partial charge in [0.2, 0.25) is 0 Å². The highest BCUT2D eigenvalue weighted by Crippen LogP contribution is 2.29. The number of aryl methyl sites for hydroxylation is 1. The summed E-state index contributed by atoms with van der Waals surface area (Å²) >= 11 is 1.70. The van der Waals surface area contributed by atoms with Crippen molar-refractivity contribution >= 4 is 11.3 Å². The first kappa shape index (κ1) is 24.0. The Bertz CT molecular complexity index is 807. The van der Waals surface area contributed by atoms with Gasteiger partial charge < -0.3 is 19.5 Å². The standard InChI is InChI=1S/C24H37N3O3S/c1-18-17-31-24(25-18)15-26(2)13-19-10-11-22(23(12-19)29-4)30-16-21(28)14-27(3)20-8-6-5-7-9-20/h10-12,17,20-21,28H,5-9,13-16H2,1-4H3. The normalized spacial score (nSPS) is 16.1. The molecule has 0 bridgehead atoms. The molecule has 172 valence electrons. The van der Waals surface area contributed by atoms with Crippen molar-refractivity contribution in [2.45, 2.75) is 64.3 Å². The molecule has 1 fully saturated rings. The quantitative estimate of drug-likeness (QED) is 0.560. The third-order valence-electron chi connectivity index (χ3n) is 5.88. The Morgan fingerprint density at radius 2 is 1.94 bits per heavy atom. The van der Waals surface area contributed by atoms with Crippen molar-refractivity contribution in [1.82, 2.24) is 14.8 Å². The van der Waals surface area contributed by atoms with Crippen LogP contribution in [0.15, 0.2) is 23.6 Å². The summed E-state index contributed by atoms with van der Waals surface area (Å²) in [5.74, 6) is 1.37. The van der Waals surface area contributed by atoms with Crippen molar-refractivity contribution in [3.8, 4) is 11.5 Å². The van der Waals surface area contributed by atoms with Gasteiger partial charge in [-0.25, -0.2) is 4.98 Å². The zero-order chi connectivity index (χ0) is 22.2. The summed E-state index contributed by atoms with van der Waals surface area (Å²) in [5.41, 5.74) is 2.22. The van der Waals surface area contributed by atoms with Crippen molar-refractivity contribution < 1.29 is 14.6 Å². The molecule has 0 saturated heterocycles. The van der Waals surface area contributed by atoms with E-state index in [4.69, 9.17) is 9.47 Å². The summed E-state index contributed by atoms with van der Waals surface area (Å²) < 4.78 is 11.5. The topological polar surface area (TPSA) is 58.1 Å². The highest BCUT2D eigenvalue weighted by atomic mass is 32.1. The van der Waals surface area contributed by atoms with Crippen LogP contribution in [0.5, 0.6) is 11.5 Å². The van der Waals surface area contributed by atoms with Crippen molar-refractivity contribution in [2.24, 2.45) is 0 Å². The molecule has 1 saturated carbocycles. The molecule has 1 aliphatic carbocycles. The van der Waals surface area contributed by atoms with E-state index >= 15 is 0 Å². The van der Waals surface area contributed by atoms with Gasteiger partial charge in [0.1, 0.15) is 17.7 Å². The number of benzene rings is 1.